The minimum atomic E-state index is -4.55. The van der Waals surface area contributed by atoms with Crippen LogP contribution in [0, 0.1) is 0 Å². The number of hydrogen-bond acceptors (Lipinski definition) is 7. The zero-order valence-electron chi connectivity index (χ0n) is 18.9. The van der Waals surface area contributed by atoms with Gasteiger partial charge >= 0.3 is 0 Å². The number of benzene rings is 1. The van der Waals surface area contributed by atoms with Crippen LogP contribution in [0.4, 0.5) is 0 Å². The van der Waals surface area contributed by atoms with Gasteiger partial charge in [0.2, 0.25) is 5.89 Å². The molecule has 0 radical (unpaired) electrons. The van der Waals surface area contributed by atoms with Crippen LogP contribution in [-0.4, -0.2) is 44.4 Å². The van der Waals surface area contributed by atoms with Gasteiger partial charge in [0.05, 0.1) is 31.7 Å². The van der Waals surface area contributed by atoms with Crippen molar-refractivity contribution < 1.29 is 26.9 Å². The SMILES string of the molecule is C/C=C\C(=C1\C=CC=CC1=NCCC)c1ncc(-c2cc(S(=O)(=O)O)c(OC)cc2OC)o1. The minimum absolute atomic E-state index is 0.0505. The lowest BCUT2D eigenvalue weighted by molar-refractivity contribution is 0.383. The number of aromatic nitrogens is 1. The Labute approximate surface area is 193 Å². The van der Waals surface area contributed by atoms with Gasteiger partial charge in [-0.3, -0.25) is 9.55 Å². The normalized spacial score (nSPS) is 16.6. The van der Waals surface area contributed by atoms with Crippen molar-refractivity contribution in [2.24, 2.45) is 4.99 Å². The third-order valence-corrected chi connectivity index (χ3v) is 5.67. The molecule has 0 unspecified atom stereocenters. The van der Waals surface area contributed by atoms with E-state index in [2.05, 4.69) is 16.9 Å². The number of hydrogen-bond donors (Lipinski definition) is 1. The number of aliphatic imine (C=N–C) groups is 1. The monoisotopic (exact) mass is 470 g/mol. The van der Waals surface area contributed by atoms with E-state index in [-0.39, 0.29) is 11.5 Å². The highest BCUT2D eigenvalue weighted by Crippen LogP contribution is 2.39. The first-order valence-electron chi connectivity index (χ1n) is 10.3. The molecule has 33 heavy (non-hydrogen) atoms. The summed E-state index contributed by atoms with van der Waals surface area (Å²) >= 11 is 0. The molecule has 1 aromatic heterocycles. The van der Waals surface area contributed by atoms with Crippen LogP contribution in [-0.2, 0) is 10.1 Å². The van der Waals surface area contributed by atoms with Gasteiger partial charge in [0.1, 0.15) is 16.4 Å². The maximum atomic E-state index is 11.9. The van der Waals surface area contributed by atoms with Crippen molar-refractivity contribution in [3.05, 3.63) is 66.2 Å². The molecule has 0 aliphatic heterocycles. The van der Waals surface area contributed by atoms with Gasteiger partial charge in [-0.05, 0) is 25.5 Å². The Balaban J connectivity index is 2.18. The summed E-state index contributed by atoms with van der Waals surface area (Å²) in [6.45, 7) is 4.64. The number of oxazole rings is 1. The van der Waals surface area contributed by atoms with Gasteiger partial charge in [-0.25, -0.2) is 4.98 Å². The first-order valence-corrected chi connectivity index (χ1v) is 11.7. The Morgan fingerprint density at radius 3 is 2.55 bits per heavy atom. The minimum Gasteiger partial charge on any atom is -0.496 e. The highest BCUT2D eigenvalue weighted by Gasteiger charge is 2.24. The Bertz CT molecular complexity index is 1280. The second kappa shape index (κ2) is 10.5. The van der Waals surface area contributed by atoms with E-state index in [1.807, 2.05) is 43.4 Å². The predicted molar refractivity (Wildman–Crippen MR) is 127 cm³/mol. The largest absolute Gasteiger partial charge is 0.496 e. The van der Waals surface area contributed by atoms with Crippen LogP contribution in [0.25, 0.3) is 16.9 Å². The van der Waals surface area contributed by atoms with Gasteiger partial charge in [0, 0.05) is 23.8 Å². The van der Waals surface area contributed by atoms with Gasteiger partial charge in [-0.2, -0.15) is 8.42 Å². The van der Waals surface area contributed by atoms with E-state index in [0.717, 1.165) is 23.3 Å². The summed E-state index contributed by atoms with van der Waals surface area (Å²) in [6.07, 6.45) is 13.9. The molecule has 0 atom stereocenters. The molecule has 0 fully saturated rings. The quantitative estimate of drug-likeness (QED) is 0.546. The average Bonchev–Trinajstić information content (AvgIpc) is 3.29. The molecule has 2 aromatic rings. The second-order valence-corrected chi connectivity index (χ2v) is 8.41. The molecule has 3 rings (SSSR count). The van der Waals surface area contributed by atoms with Gasteiger partial charge in [-0.15, -0.1) is 0 Å². The molecule has 0 saturated heterocycles. The maximum absolute atomic E-state index is 11.9. The average molecular weight is 471 g/mol. The summed E-state index contributed by atoms with van der Waals surface area (Å²) in [5, 5.41) is 0. The molecule has 9 heteroatoms. The van der Waals surface area contributed by atoms with Crippen molar-refractivity contribution in [2.75, 3.05) is 20.8 Å². The van der Waals surface area contributed by atoms with Crippen molar-refractivity contribution in [2.45, 2.75) is 25.2 Å². The molecule has 0 saturated carbocycles. The zero-order valence-corrected chi connectivity index (χ0v) is 19.7. The lowest BCUT2D eigenvalue weighted by Gasteiger charge is -2.12. The van der Waals surface area contributed by atoms with Crippen molar-refractivity contribution in [1.82, 2.24) is 4.98 Å². The molecule has 0 bridgehead atoms. The summed E-state index contributed by atoms with van der Waals surface area (Å²) in [4.78, 5) is 8.67. The predicted octanol–water partition coefficient (Wildman–Crippen LogP) is 4.91. The van der Waals surface area contributed by atoms with Gasteiger partial charge < -0.3 is 13.9 Å². The third-order valence-electron chi connectivity index (χ3n) is 4.80. The molecule has 1 N–H and O–H groups in total. The van der Waals surface area contributed by atoms with Crippen LogP contribution in [0.1, 0.15) is 26.2 Å². The molecule has 0 amide bonds. The molecule has 1 heterocycles. The molecule has 1 aromatic carbocycles. The Morgan fingerprint density at radius 1 is 1.18 bits per heavy atom. The van der Waals surface area contributed by atoms with E-state index in [1.54, 1.807) is 0 Å². The molecule has 174 valence electrons. The van der Waals surface area contributed by atoms with Crippen LogP contribution < -0.4 is 9.47 Å². The molecule has 0 spiro atoms. The van der Waals surface area contributed by atoms with Crippen LogP contribution >= 0.6 is 0 Å². The summed E-state index contributed by atoms with van der Waals surface area (Å²) in [6, 6.07) is 2.60. The van der Waals surface area contributed by atoms with Gasteiger partial charge in [0.25, 0.3) is 10.1 Å². The molecule has 8 nitrogen and oxygen atoms in total. The Kier molecular flexibility index (Phi) is 7.67. The number of rotatable bonds is 8. The van der Waals surface area contributed by atoms with E-state index < -0.39 is 15.0 Å². The summed E-state index contributed by atoms with van der Waals surface area (Å²) in [7, 11) is -1.81. The first kappa shape index (κ1) is 24.2. The number of ether oxygens (including phenoxy) is 2. The molecule has 1 aliphatic rings. The standard InChI is InChI=1S/C24H26N2O6S/c1-5-9-17(16-10-7-8-11-19(16)25-12-6-2)24-26-15-22(32-24)18-13-23(33(27,28)29)21(31-4)14-20(18)30-3/h5,7-11,13-15H,6,12H2,1-4H3,(H,27,28,29)/b9-5-,17-16+,25-19?. The maximum Gasteiger partial charge on any atom is 0.298 e. The van der Waals surface area contributed by atoms with Crippen LogP contribution in [0.15, 0.2) is 74.7 Å². The zero-order chi connectivity index (χ0) is 24.0. The molecular formula is C24H26N2O6S. The van der Waals surface area contributed by atoms with Crippen molar-refractivity contribution in [3.8, 4) is 22.8 Å². The second-order valence-electron chi connectivity index (χ2n) is 7.02. The lowest BCUT2D eigenvalue weighted by atomic mass is 9.98. The summed E-state index contributed by atoms with van der Waals surface area (Å²) < 4.78 is 49.9. The van der Waals surface area contributed by atoms with Crippen molar-refractivity contribution in [1.29, 1.82) is 0 Å². The highest BCUT2D eigenvalue weighted by atomic mass is 32.2. The van der Waals surface area contributed by atoms with Gasteiger partial charge in [0.15, 0.2) is 5.76 Å². The van der Waals surface area contributed by atoms with Crippen LogP contribution in [0.3, 0.4) is 0 Å². The fraction of sp³-hybridized carbons (Fsp3) is 0.250. The van der Waals surface area contributed by atoms with E-state index in [9.17, 15) is 13.0 Å². The summed E-state index contributed by atoms with van der Waals surface area (Å²) in [5.74, 6) is 0.839. The Hall–Kier alpha value is -3.43. The van der Waals surface area contributed by atoms with Crippen molar-refractivity contribution in [3.63, 3.8) is 0 Å². The first-order chi connectivity index (χ1) is 15.8. The Morgan fingerprint density at radius 2 is 1.91 bits per heavy atom. The number of methoxy groups -OCH3 is 2. The molecular weight excluding hydrogens is 444 g/mol. The number of allylic oxidation sites excluding steroid dienone is 8. The molecule has 1 aliphatic carbocycles. The van der Waals surface area contributed by atoms with E-state index in [4.69, 9.17) is 13.9 Å². The fourth-order valence-electron chi connectivity index (χ4n) is 3.30. The van der Waals surface area contributed by atoms with E-state index in [0.29, 0.717) is 23.7 Å². The summed E-state index contributed by atoms with van der Waals surface area (Å²) in [5.41, 5.74) is 2.70. The van der Waals surface area contributed by atoms with Crippen LogP contribution in [0.5, 0.6) is 11.5 Å². The fourth-order valence-corrected chi connectivity index (χ4v) is 3.96. The third kappa shape index (κ3) is 5.32. The topological polar surface area (TPSA) is 111 Å². The smallest absolute Gasteiger partial charge is 0.298 e. The van der Waals surface area contributed by atoms with E-state index >= 15 is 0 Å². The van der Waals surface area contributed by atoms with E-state index in [1.165, 1.54) is 32.5 Å². The van der Waals surface area contributed by atoms with Crippen LogP contribution in [0.2, 0.25) is 0 Å². The lowest BCUT2D eigenvalue weighted by Crippen LogP contribution is -2.04. The highest BCUT2D eigenvalue weighted by molar-refractivity contribution is 7.86. The van der Waals surface area contributed by atoms with Gasteiger partial charge in [-0.1, -0.05) is 37.3 Å². The van der Waals surface area contributed by atoms with Crippen molar-refractivity contribution >= 4 is 21.4 Å². The number of nitrogens with zero attached hydrogens (tertiary/aromatic N) is 2.